The van der Waals surface area contributed by atoms with Crippen molar-refractivity contribution in [1.82, 2.24) is 9.30 Å². The van der Waals surface area contributed by atoms with E-state index < -0.39 is 0 Å². The molecule has 0 aliphatic heterocycles. The highest BCUT2D eigenvalue weighted by atomic mass is 15.1. The number of allylic oxidation sites excluding steroid dienone is 1. The van der Waals surface area contributed by atoms with Crippen LogP contribution in [0, 0.1) is 5.92 Å². The minimum Gasteiger partial charge on any atom is -0.377 e. The first-order valence-electron chi connectivity index (χ1n) is 12.5. The van der Waals surface area contributed by atoms with Crippen molar-refractivity contribution in [3.63, 3.8) is 0 Å². The van der Waals surface area contributed by atoms with E-state index in [1.54, 1.807) is 0 Å². The number of hydrogen-bond acceptors (Lipinski definition) is 1. The highest BCUT2D eigenvalue weighted by Gasteiger charge is 2.21. The fourth-order valence-electron chi connectivity index (χ4n) is 5.38. The zero-order valence-corrected chi connectivity index (χ0v) is 21.4. The lowest BCUT2D eigenvalue weighted by Crippen LogP contribution is -2.31. The van der Waals surface area contributed by atoms with Crippen LogP contribution in [0.1, 0.15) is 44.5 Å². The van der Waals surface area contributed by atoms with E-state index in [0.29, 0.717) is 12.0 Å². The van der Waals surface area contributed by atoms with Crippen LogP contribution in [-0.4, -0.2) is 22.4 Å². The summed E-state index contributed by atoms with van der Waals surface area (Å²) in [6, 6.07) is 26.3. The molecule has 0 saturated heterocycles. The minimum atomic E-state index is 0.350. The van der Waals surface area contributed by atoms with Gasteiger partial charge in [-0.05, 0) is 50.0 Å². The Bertz CT molecular complexity index is 1570. The molecule has 0 fully saturated rings. The Morgan fingerprint density at radius 1 is 0.857 bits per heavy atom. The third-order valence-electron chi connectivity index (χ3n) is 7.78. The zero-order valence-electron chi connectivity index (χ0n) is 21.4. The van der Waals surface area contributed by atoms with Gasteiger partial charge in [-0.25, -0.2) is 0 Å². The number of aromatic nitrogens is 1. The van der Waals surface area contributed by atoms with Crippen molar-refractivity contribution in [3.05, 3.63) is 108 Å². The van der Waals surface area contributed by atoms with Gasteiger partial charge in [-0.15, -0.1) is 0 Å². The number of hydrogen-bond donors (Lipinski definition) is 0. The summed E-state index contributed by atoms with van der Waals surface area (Å²) >= 11 is 0. The van der Waals surface area contributed by atoms with Crippen LogP contribution in [0.3, 0.4) is 0 Å². The predicted octanol–water partition coefficient (Wildman–Crippen LogP) is 8.75. The average Bonchev–Trinajstić information content (AvgIpc) is 3.39. The lowest BCUT2D eigenvalue weighted by atomic mass is 9.93. The molecular weight excluding hydrogens is 424 g/mol. The molecule has 0 N–H and O–H groups in total. The van der Waals surface area contributed by atoms with E-state index in [4.69, 9.17) is 0 Å². The number of benzene rings is 3. The second-order valence-corrected chi connectivity index (χ2v) is 9.82. The van der Waals surface area contributed by atoms with Crippen LogP contribution in [0.25, 0.3) is 44.9 Å². The van der Waals surface area contributed by atoms with Gasteiger partial charge in [0.15, 0.2) is 0 Å². The van der Waals surface area contributed by atoms with Gasteiger partial charge in [-0.1, -0.05) is 91.9 Å². The van der Waals surface area contributed by atoms with E-state index in [1.807, 2.05) is 6.08 Å². The molecule has 2 heterocycles. The summed E-state index contributed by atoms with van der Waals surface area (Å²) in [6.07, 6.45) is 6.67. The van der Waals surface area contributed by atoms with Gasteiger partial charge in [0.25, 0.3) is 0 Å². The van der Waals surface area contributed by atoms with Gasteiger partial charge < -0.3 is 9.30 Å². The standard InChI is InChI=1S/C33H34N2/c1-7-27-29-17-13-18-30-28-16-11-12-19-31(28)35(33(29)30)32(27)20-22(2)24(4)25(5)34(6)21-23(3)26-14-9-8-10-15-26/h7-21,24-25H,1H2,2-6H3/b22-20+,23-21+. The summed E-state index contributed by atoms with van der Waals surface area (Å²) in [5.74, 6) is 0.374. The Morgan fingerprint density at radius 2 is 1.51 bits per heavy atom. The smallest absolute Gasteiger partial charge is 0.0620 e. The normalized spacial score (nSPS) is 14.7. The van der Waals surface area contributed by atoms with Gasteiger partial charge in [0.2, 0.25) is 0 Å². The Balaban J connectivity index is 1.55. The maximum atomic E-state index is 4.18. The van der Waals surface area contributed by atoms with E-state index >= 15 is 0 Å². The van der Waals surface area contributed by atoms with E-state index in [9.17, 15) is 0 Å². The molecule has 0 amide bonds. The molecule has 2 aromatic heterocycles. The van der Waals surface area contributed by atoms with Crippen LogP contribution in [0.5, 0.6) is 0 Å². The predicted molar refractivity (Wildman–Crippen MR) is 154 cm³/mol. The van der Waals surface area contributed by atoms with Crippen molar-refractivity contribution in [1.29, 1.82) is 0 Å². The van der Waals surface area contributed by atoms with Gasteiger partial charge in [0.05, 0.1) is 16.7 Å². The molecule has 0 bridgehead atoms. The zero-order chi connectivity index (χ0) is 24.7. The van der Waals surface area contributed by atoms with Crippen molar-refractivity contribution in [2.24, 2.45) is 5.92 Å². The third kappa shape index (κ3) is 3.83. The van der Waals surface area contributed by atoms with Crippen molar-refractivity contribution in [2.75, 3.05) is 7.05 Å². The summed E-state index contributed by atoms with van der Waals surface area (Å²) in [5.41, 5.74) is 8.89. The Labute approximate surface area is 208 Å². The van der Waals surface area contributed by atoms with Crippen molar-refractivity contribution >= 4 is 44.9 Å². The number of para-hydroxylation sites is 2. The van der Waals surface area contributed by atoms with Crippen molar-refractivity contribution in [3.8, 4) is 0 Å². The molecule has 0 saturated carbocycles. The van der Waals surface area contributed by atoms with Crippen molar-refractivity contribution < 1.29 is 0 Å². The average molecular weight is 459 g/mol. The van der Waals surface area contributed by atoms with Gasteiger partial charge >= 0.3 is 0 Å². The molecule has 3 aromatic carbocycles. The first kappa shape index (κ1) is 23.0. The summed E-state index contributed by atoms with van der Waals surface area (Å²) in [4.78, 5) is 2.35. The van der Waals surface area contributed by atoms with Crippen LogP contribution in [-0.2, 0) is 0 Å². The summed E-state index contributed by atoms with van der Waals surface area (Å²) < 4.78 is 2.43. The molecule has 2 nitrogen and oxygen atoms in total. The Morgan fingerprint density at radius 3 is 2.26 bits per heavy atom. The largest absolute Gasteiger partial charge is 0.377 e. The van der Waals surface area contributed by atoms with Crippen LogP contribution in [0.15, 0.2) is 91.1 Å². The Hall–Kier alpha value is -3.78. The minimum absolute atomic E-state index is 0.350. The lowest BCUT2D eigenvalue weighted by molar-refractivity contribution is 0.292. The topological polar surface area (TPSA) is 7.65 Å². The molecule has 5 rings (SSSR count). The third-order valence-corrected chi connectivity index (χ3v) is 7.78. The molecule has 5 aromatic rings. The van der Waals surface area contributed by atoms with Gasteiger partial charge in [0, 0.05) is 41.0 Å². The van der Waals surface area contributed by atoms with Gasteiger partial charge in [-0.2, -0.15) is 0 Å². The molecule has 0 spiro atoms. The Kier molecular flexibility index (Phi) is 5.98. The number of fused-ring (bicyclic) bond motifs is 3. The maximum absolute atomic E-state index is 4.18. The monoisotopic (exact) mass is 458 g/mol. The molecule has 2 heteroatoms. The number of rotatable bonds is 7. The highest BCUT2D eigenvalue weighted by molar-refractivity contribution is 6.17. The van der Waals surface area contributed by atoms with Crippen LogP contribution in [0.2, 0.25) is 0 Å². The van der Waals surface area contributed by atoms with E-state index in [0.717, 1.165) is 0 Å². The lowest BCUT2D eigenvalue weighted by Gasteiger charge is -2.30. The molecule has 2 unspecified atom stereocenters. The molecule has 2 atom stereocenters. The first-order valence-corrected chi connectivity index (χ1v) is 12.5. The summed E-state index contributed by atoms with van der Waals surface area (Å²) in [5, 5.41) is 3.88. The van der Waals surface area contributed by atoms with E-state index in [1.165, 1.54) is 55.2 Å². The number of nitrogens with zero attached hydrogens (tertiary/aromatic N) is 2. The quantitative estimate of drug-likeness (QED) is 0.236. The highest BCUT2D eigenvalue weighted by Crippen LogP contribution is 2.39. The van der Waals surface area contributed by atoms with Crippen molar-refractivity contribution in [2.45, 2.75) is 33.7 Å². The first-order chi connectivity index (χ1) is 16.9. The summed E-state index contributed by atoms with van der Waals surface area (Å²) in [6.45, 7) is 13.3. The fraction of sp³-hybridized carbons (Fsp3) is 0.212. The van der Waals surface area contributed by atoms with Crippen LogP contribution < -0.4 is 0 Å². The molecule has 0 aliphatic carbocycles. The van der Waals surface area contributed by atoms with E-state index in [-0.39, 0.29) is 0 Å². The molecule has 35 heavy (non-hydrogen) atoms. The maximum Gasteiger partial charge on any atom is 0.0620 e. The molecule has 0 radical (unpaired) electrons. The van der Waals surface area contributed by atoms with Crippen LogP contribution >= 0.6 is 0 Å². The van der Waals surface area contributed by atoms with Gasteiger partial charge in [0.1, 0.15) is 0 Å². The fourth-order valence-corrected chi connectivity index (χ4v) is 5.38. The molecule has 0 aliphatic rings. The summed E-state index contributed by atoms with van der Waals surface area (Å²) in [7, 11) is 2.18. The van der Waals surface area contributed by atoms with Crippen LogP contribution in [0.4, 0.5) is 0 Å². The molecule has 176 valence electrons. The molecular formula is C33H34N2. The SMILES string of the molecule is C=Cc1c(/C=C(\C)C(C)C(C)N(C)/C=C(\C)c2ccccc2)n2c3ccccc3c3cccc1c32. The second kappa shape index (κ2) is 9.11. The van der Waals surface area contributed by atoms with E-state index in [2.05, 4.69) is 136 Å². The second-order valence-electron chi connectivity index (χ2n) is 9.82. The van der Waals surface area contributed by atoms with Gasteiger partial charge in [-0.3, -0.25) is 0 Å².